The summed E-state index contributed by atoms with van der Waals surface area (Å²) in [6.07, 6.45) is 0.551. The molecule has 0 heterocycles. The number of nitrogen functional groups attached to an aromatic ring is 1. The summed E-state index contributed by atoms with van der Waals surface area (Å²) in [5.74, 6) is 5.51. The van der Waals surface area contributed by atoms with Crippen LogP contribution in [0, 0.1) is 17.7 Å². The summed E-state index contributed by atoms with van der Waals surface area (Å²) in [6.45, 7) is 0. The van der Waals surface area contributed by atoms with Gasteiger partial charge < -0.3 is 5.73 Å². The Morgan fingerprint density at radius 3 is 2.92 bits per heavy atom. The number of anilines is 1. The number of hydrogen-bond acceptors (Lipinski definition) is 1. The number of nitrogens with two attached hydrogens (primary N) is 1. The van der Waals surface area contributed by atoms with Crippen molar-refractivity contribution in [3.05, 3.63) is 29.6 Å². The highest BCUT2D eigenvalue weighted by Crippen LogP contribution is 2.10. The Hall–Kier alpha value is -1.20. The van der Waals surface area contributed by atoms with Crippen LogP contribution in [0.4, 0.5) is 10.1 Å². The second kappa shape index (κ2) is 4.74. The van der Waals surface area contributed by atoms with Gasteiger partial charge in [0.05, 0.1) is 5.56 Å². The number of rotatable bonds is 1. The number of alkyl halides is 1. The Balaban J connectivity index is 2.89. The topological polar surface area (TPSA) is 26.0 Å². The molecular weight excluding hydrogens is 189 g/mol. The Bertz CT molecular complexity index is 352. The maximum absolute atomic E-state index is 13.0. The second-order valence-corrected chi connectivity index (χ2v) is 2.86. The van der Waals surface area contributed by atoms with Gasteiger partial charge in [0.2, 0.25) is 0 Å². The minimum Gasteiger partial charge on any atom is -0.399 e. The molecule has 0 aliphatic carbocycles. The number of halogens is 2. The molecule has 68 valence electrons. The van der Waals surface area contributed by atoms with Crippen LogP contribution in [0.5, 0.6) is 0 Å². The first kappa shape index (κ1) is 9.88. The molecule has 0 saturated carbocycles. The minimum atomic E-state index is -0.351. The molecule has 0 unspecified atom stereocenters. The molecule has 3 heteroatoms. The maximum atomic E-state index is 13.0. The van der Waals surface area contributed by atoms with Crippen LogP contribution in [0.25, 0.3) is 0 Å². The summed E-state index contributed by atoms with van der Waals surface area (Å²) in [5.41, 5.74) is 6.31. The molecule has 0 aliphatic rings. The van der Waals surface area contributed by atoms with Gasteiger partial charge in [-0.1, -0.05) is 11.8 Å². The third-order valence-electron chi connectivity index (χ3n) is 1.43. The molecule has 0 amide bonds. The van der Waals surface area contributed by atoms with Gasteiger partial charge in [0.15, 0.2) is 0 Å². The Morgan fingerprint density at radius 1 is 1.46 bits per heavy atom. The zero-order chi connectivity index (χ0) is 9.68. The fraction of sp³-hybridized carbons (Fsp3) is 0.200. The van der Waals surface area contributed by atoms with Crippen molar-refractivity contribution in [3.63, 3.8) is 0 Å². The van der Waals surface area contributed by atoms with Gasteiger partial charge in [-0.05, 0) is 18.2 Å². The van der Waals surface area contributed by atoms with E-state index in [1.54, 1.807) is 0 Å². The van der Waals surface area contributed by atoms with Crippen molar-refractivity contribution in [3.8, 4) is 11.8 Å². The van der Waals surface area contributed by atoms with Gasteiger partial charge in [0.25, 0.3) is 0 Å². The molecule has 0 spiro atoms. The molecule has 1 aromatic carbocycles. The summed E-state index contributed by atoms with van der Waals surface area (Å²) in [7, 11) is 0. The standard InChI is InChI=1S/C10H9ClFN/c11-6-2-1-3-8-7-9(13)4-5-10(8)12/h4-5,7H,2,6,13H2. The van der Waals surface area contributed by atoms with E-state index in [-0.39, 0.29) is 5.82 Å². The molecule has 0 aliphatic heterocycles. The normalized spacial score (nSPS) is 9.08. The van der Waals surface area contributed by atoms with E-state index in [1.165, 1.54) is 18.2 Å². The van der Waals surface area contributed by atoms with Crippen molar-refractivity contribution >= 4 is 17.3 Å². The fourth-order valence-corrected chi connectivity index (χ4v) is 0.938. The first-order valence-electron chi connectivity index (χ1n) is 3.84. The predicted molar refractivity (Wildman–Crippen MR) is 53.0 cm³/mol. The van der Waals surface area contributed by atoms with Crippen molar-refractivity contribution in [2.75, 3.05) is 11.6 Å². The molecule has 0 radical (unpaired) electrons. The van der Waals surface area contributed by atoms with Gasteiger partial charge in [0, 0.05) is 18.0 Å². The van der Waals surface area contributed by atoms with E-state index in [1.807, 2.05) is 0 Å². The lowest BCUT2D eigenvalue weighted by atomic mass is 10.2. The summed E-state index contributed by atoms with van der Waals surface area (Å²) < 4.78 is 13.0. The quantitative estimate of drug-likeness (QED) is 0.418. The van der Waals surface area contributed by atoms with Crippen LogP contribution in [-0.2, 0) is 0 Å². The van der Waals surface area contributed by atoms with Crippen LogP contribution in [0.2, 0.25) is 0 Å². The SMILES string of the molecule is Nc1ccc(F)c(C#CCCCl)c1. The molecule has 0 fully saturated rings. The third kappa shape index (κ3) is 2.96. The first-order chi connectivity index (χ1) is 6.24. The minimum absolute atomic E-state index is 0.324. The number of hydrogen-bond donors (Lipinski definition) is 1. The van der Waals surface area contributed by atoms with E-state index >= 15 is 0 Å². The zero-order valence-electron chi connectivity index (χ0n) is 6.98. The lowest BCUT2D eigenvalue weighted by Crippen LogP contribution is -1.89. The van der Waals surface area contributed by atoms with Crippen LogP contribution >= 0.6 is 11.6 Å². The molecule has 0 bridgehead atoms. The molecule has 0 saturated heterocycles. The predicted octanol–water partition coefficient (Wildman–Crippen LogP) is 2.39. The second-order valence-electron chi connectivity index (χ2n) is 2.48. The van der Waals surface area contributed by atoms with Crippen LogP contribution in [0.1, 0.15) is 12.0 Å². The summed E-state index contributed by atoms with van der Waals surface area (Å²) in [4.78, 5) is 0. The van der Waals surface area contributed by atoms with Crippen molar-refractivity contribution in [1.82, 2.24) is 0 Å². The van der Waals surface area contributed by atoms with Gasteiger partial charge >= 0.3 is 0 Å². The van der Waals surface area contributed by atoms with Gasteiger partial charge in [-0.2, -0.15) is 0 Å². The summed E-state index contributed by atoms with van der Waals surface area (Å²) in [6, 6.07) is 4.32. The summed E-state index contributed by atoms with van der Waals surface area (Å²) >= 11 is 5.42. The van der Waals surface area contributed by atoms with E-state index in [2.05, 4.69) is 11.8 Å². The van der Waals surface area contributed by atoms with E-state index in [4.69, 9.17) is 17.3 Å². The average molecular weight is 198 g/mol. The van der Waals surface area contributed by atoms with Gasteiger partial charge in [0.1, 0.15) is 5.82 Å². The van der Waals surface area contributed by atoms with Gasteiger partial charge in [-0.3, -0.25) is 0 Å². The third-order valence-corrected chi connectivity index (χ3v) is 1.62. The van der Waals surface area contributed by atoms with Crippen LogP contribution < -0.4 is 5.73 Å². The van der Waals surface area contributed by atoms with Crippen LogP contribution in [-0.4, -0.2) is 5.88 Å². The van der Waals surface area contributed by atoms with E-state index < -0.39 is 0 Å². The molecule has 1 nitrogen and oxygen atoms in total. The van der Waals surface area contributed by atoms with Crippen molar-refractivity contribution in [1.29, 1.82) is 0 Å². The van der Waals surface area contributed by atoms with Crippen molar-refractivity contribution in [2.45, 2.75) is 6.42 Å². The fourth-order valence-electron chi connectivity index (χ4n) is 0.844. The van der Waals surface area contributed by atoms with Crippen LogP contribution in [0.3, 0.4) is 0 Å². The molecule has 0 aromatic heterocycles. The van der Waals surface area contributed by atoms with Gasteiger partial charge in [-0.15, -0.1) is 11.6 Å². The van der Waals surface area contributed by atoms with E-state index in [0.717, 1.165) is 0 Å². The van der Waals surface area contributed by atoms with Crippen molar-refractivity contribution < 1.29 is 4.39 Å². The monoisotopic (exact) mass is 197 g/mol. The zero-order valence-corrected chi connectivity index (χ0v) is 7.74. The lowest BCUT2D eigenvalue weighted by molar-refractivity contribution is 0.624. The molecule has 13 heavy (non-hydrogen) atoms. The molecule has 0 atom stereocenters. The molecule has 1 rings (SSSR count). The Kier molecular flexibility index (Phi) is 3.60. The van der Waals surface area contributed by atoms with Crippen molar-refractivity contribution in [2.24, 2.45) is 0 Å². The molecule has 1 aromatic rings. The molecule has 2 N–H and O–H groups in total. The van der Waals surface area contributed by atoms with E-state index in [9.17, 15) is 4.39 Å². The first-order valence-corrected chi connectivity index (χ1v) is 4.37. The highest BCUT2D eigenvalue weighted by atomic mass is 35.5. The smallest absolute Gasteiger partial charge is 0.138 e. The maximum Gasteiger partial charge on any atom is 0.138 e. The lowest BCUT2D eigenvalue weighted by Gasteiger charge is -1.95. The largest absolute Gasteiger partial charge is 0.399 e. The number of benzene rings is 1. The Morgan fingerprint density at radius 2 is 2.23 bits per heavy atom. The van der Waals surface area contributed by atoms with E-state index in [0.29, 0.717) is 23.6 Å². The highest BCUT2D eigenvalue weighted by Gasteiger charge is 1.97. The van der Waals surface area contributed by atoms with Crippen LogP contribution in [0.15, 0.2) is 18.2 Å². The highest BCUT2D eigenvalue weighted by molar-refractivity contribution is 6.18. The van der Waals surface area contributed by atoms with Gasteiger partial charge in [-0.25, -0.2) is 4.39 Å². The Labute approximate surface area is 81.7 Å². The summed E-state index contributed by atoms with van der Waals surface area (Å²) in [5, 5.41) is 0. The molecular formula is C10H9ClFN. The average Bonchev–Trinajstić information content (AvgIpc) is 2.11.